The second-order valence-electron chi connectivity index (χ2n) is 4.17. The van der Waals surface area contributed by atoms with E-state index in [0.717, 1.165) is 5.84 Å². The molecule has 64 valence electrons. The Morgan fingerprint density at radius 2 is 2.00 bits per heavy atom. The van der Waals surface area contributed by atoms with Gasteiger partial charge in [-0.2, -0.15) is 5.10 Å². The monoisotopic (exact) mass is 155 g/mol. The van der Waals surface area contributed by atoms with Crippen LogP contribution in [0.25, 0.3) is 0 Å². The topological polar surface area (TPSA) is 50.4 Å². The number of nitrogens with two attached hydrogens (primary N) is 1. The van der Waals surface area contributed by atoms with Crippen LogP contribution >= 0.6 is 0 Å². The highest BCUT2D eigenvalue weighted by Gasteiger charge is 2.25. The molecule has 1 aliphatic carbocycles. The van der Waals surface area contributed by atoms with Gasteiger partial charge < -0.3 is 11.2 Å². The lowest BCUT2D eigenvalue weighted by Crippen LogP contribution is -2.34. The number of rotatable bonds is 2. The highest BCUT2D eigenvalue weighted by molar-refractivity contribution is 5.84. The van der Waals surface area contributed by atoms with Crippen LogP contribution in [0.3, 0.4) is 0 Å². The van der Waals surface area contributed by atoms with Crippen molar-refractivity contribution >= 4 is 5.84 Å². The maximum Gasteiger partial charge on any atom is 0.122 e. The van der Waals surface area contributed by atoms with Crippen molar-refractivity contribution in [2.45, 2.75) is 39.2 Å². The van der Waals surface area contributed by atoms with E-state index in [1.165, 1.54) is 12.8 Å². The van der Waals surface area contributed by atoms with Gasteiger partial charge in [0.2, 0.25) is 0 Å². The summed E-state index contributed by atoms with van der Waals surface area (Å²) in [5.41, 5.74) is 8.71. The van der Waals surface area contributed by atoms with Crippen molar-refractivity contribution in [3.8, 4) is 0 Å². The summed E-state index contributed by atoms with van der Waals surface area (Å²) in [6, 6.07) is 0. The average Bonchev–Trinajstić information content (AvgIpc) is 2.61. The summed E-state index contributed by atoms with van der Waals surface area (Å²) in [6.45, 7) is 6.20. The molecule has 0 unspecified atom stereocenters. The van der Waals surface area contributed by atoms with E-state index in [9.17, 15) is 0 Å². The molecule has 1 saturated carbocycles. The summed E-state index contributed by atoms with van der Waals surface area (Å²) in [4.78, 5) is 0. The molecule has 3 N–H and O–H groups in total. The highest BCUT2D eigenvalue weighted by Crippen LogP contribution is 2.28. The van der Waals surface area contributed by atoms with Gasteiger partial charge in [0.1, 0.15) is 5.84 Å². The Balaban J connectivity index is 2.33. The first-order valence-electron chi connectivity index (χ1n) is 4.09. The summed E-state index contributed by atoms with van der Waals surface area (Å²) in [6.07, 6.45) is 2.42. The van der Waals surface area contributed by atoms with Crippen molar-refractivity contribution in [3.05, 3.63) is 0 Å². The minimum atomic E-state index is 0.0273. The van der Waals surface area contributed by atoms with Crippen molar-refractivity contribution < 1.29 is 0 Å². The van der Waals surface area contributed by atoms with E-state index in [0.29, 0.717) is 5.92 Å². The Labute approximate surface area is 68.0 Å². The molecule has 0 spiro atoms. The van der Waals surface area contributed by atoms with Crippen LogP contribution in [0.1, 0.15) is 33.6 Å². The van der Waals surface area contributed by atoms with Crippen molar-refractivity contribution in [1.82, 2.24) is 5.43 Å². The lowest BCUT2D eigenvalue weighted by atomic mass is 10.1. The highest BCUT2D eigenvalue weighted by atomic mass is 15.3. The zero-order valence-corrected chi connectivity index (χ0v) is 7.52. The SMILES string of the molecule is CC(C)(C)N/N=C(\N)C1CC1. The normalized spacial score (nSPS) is 20.1. The third-order valence-electron chi connectivity index (χ3n) is 1.52. The minimum Gasteiger partial charge on any atom is -0.385 e. The summed E-state index contributed by atoms with van der Waals surface area (Å²) in [5, 5.41) is 4.10. The van der Waals surface area contributed by atoms with Gasteiger partial charge in [-0.1, -0.05) is 0 Å². The Morgan fingerprint density at radius 1 is 1.45 bits per heavy atom. The molecule has 11 heavy (non-hydrogen) atoms. The molecular formula is C8H17N3. The molecule has 0 amide bonds. The maximum atomic E-state index is 5.67. The third-order valence-corrected chi connectivity index (χ3v) is 1.52. The van der Waals surface area contributed by atoms with Gasteiger partial charge in [0.25, 0.3) is 0 Å². The maximum absolute atomic E-state index is 5.67. The van der Waals surface area contributed by atoms with Gasteiger partial charge in [-0.25, -0.2) is 0 Å². The lowest BCUT2D eigenvalue weighted by molar-refractivity contribution is 0.440. The van der Waals surface area contributed by atoms with Crippen LogP contribution in [-0.4, -0.2) is 11.4 Å². The number of hydrogen-bond donors (Lipinski definition) is 2. The van der Waals surface area contributed by atoms with E-state index in [1.54, 1.807) is 0 Å². The molecule has 0 bridgehead atoms. The summed E-state index contributed by atoms with van der Waals surface area (Å²) >= 11 is 0. The predicted molar refractivity (Wildman–Crippen MR) is 47.2 cm³/mol. The average molecular weight is 155 g/mol. The first kappa shape index (κ1) is 8.37. The van der Waals surface area contributed by atoms with Crippen molar-refractivity contribution in [3.63, 3.8) is 0 Å². The molecule has 0 aromatic carbocycles. The fraction of sp³-hybridized carbons (Fsp3) is 0.875. The zero-order chi connectivity index (χ0) is 8.48. The van der Waals surface area contributed by atoms with Gasteiger partial charge in [-0.15, -0.1) is 0 Å². The van der Waals surface area contributed by atoms with E-state index in [1.807, 2.05) is 0 Å². The zero-order valence-electron chi connectivity index (χ0n) is 7.52. The molecule has 1 rings (SSSR count). The van der Waals surface area contributed by atoms with Crippen LogP contribution in [0.2, 0.25) is 0 Å². The minimum absolute atomic E-state index is 0.0273. The molecule has 0 radical (unpaired) electrons. The van der Waals surface area contributed by atoms with Crippen molar-refractivity contribution in [2.75, 3.05) is 0 Å². The lowest BCUT2D eigenvalue weighted by Gasteiger charge is -2.17. The molecule has 1 aliphatic rings. The quantitative estimate of drug-likeness (QED) is 0.356. The second kappa shape index (κ2) is 2.72. The Morgan fingerprint density at radius 3 is 2.36 bits per heavy atom. The summed E-state index contributed by atoms with van der Waals surface area (Å²) in [7, 11) is 0. The summed E-state index contributed by atoms with van der Waals surface area (Å²) in [5.74, 6) is 1.32. The number of nitrogens with zero attached hydrogens (tertiary/aromatic N) is 1. The molecule has 0 saturated heterocycles. The van der Waals surface area contributed by atoms with E-state index < -0.39 is 0 Å². The van der Waals surface area contributed by atoms with E-state index >= 15 is 0 Å². The number of hydrazone groups is 1. The van der Waals surface area contributed by atoms with Gasteiger partial charge in [0.05, 0.1) is 0 Å². The fourth-order valence-electron chi connectivity index (χ4n) is 0.703. The van der Waals surface area contributed by atoms with E-state index in [2.05, 4.69) is 31.3 Å². The molecule has 3 nitrogen and oxygen atoms in total. The standard InChI is InChI=1S/C8H17N3/c1-8(2,3)11-10-7(9)6-4-5-6/h6,11H,4-5H2,1-3H3,(H2,9,10). The number of hydrogen-bond acceptors (Lipinski definition) is 2. The number of nitrogens with one attached hydrogen (secondary N) is 1. The van der Waals surface area contributed by atoms with E-state index in [-0.39, 0.29) is 5.54 Å². The Hall–Kier alpha value is -0.730. The van der Waals surface area contributed by atoms with Crippen LogP contribution in [0.4, 0.5) is 0 Å². The molecule has 1 fully saturated rings. The molecule has 0 heterocycles. The van der Waals surface area contributed by atoms with Gasteiger partial charge in [-0.3, -0.25) is 0 Å². The molecular weight excluding hydrogens is 138 g/mol. The van der Waals surface area contributed by atoms with Crippen molar-refractivity contribution in [2.24, 2.45) is 16.8 Å². The molecule has 3 heteroatoms. The van der Waals surface area contributed by atoms with Crippen molar-refractivity contribution in [1.29, 1.82) is 0 Å². The van der Waals surface area contributed by atoms with Crippen LogP contribution in [0, 0.1) is 5.92 Å². The number of amidine groups is 1. The van der Waals surface area contributed by atoms with Crippen LogP contribution in [0.5, 0.6) is 0 Å². The fourth-order valence-corrected chi connectivity index (χ4v) is 0.703. The molecule has 0 aromatic heterocycles. The Kier molecular flexibility index (Phi) is 2.07. The van der Waals surface area contributed by atoms with Crippen LogP contribution < -0.4 is 11.2 Å². The second-order valence-corrected chi connectivity index (χ2v) is 4.17. The van der Waals surface area contributed by atoms with Crippen LogP contribution in [-0.2, 0) is 0 Å². The molecule has 0 aliphatic heterocycles. The van der Waals surface area contributed by atoms with E-state index in [4.69, 9.17) is 5.73 Å². The smallest absolute Gasteiger partial charge is 0.122 e. The molecule has 0 aromatic rings. The van der Waals surface area contributed by atoms with Gasteiger partial charge in [0, 0.05) is 11.5 Å². The largest absolute Gasteiger partial charge is 0.385 e. The third kappa shape index (κ3) is 3.25. The first-order valence-corrected chi connectivity index (χ1v) is 4.09. The first-order chi connectivity index (χ1) is 4.99. The Bertz CT molecular complexity index is 163. The summed E-state index contributed by atoms with van der Waals surface area (Å²) < 4.78 is 0. The van der Waals surface area contributed by atoms with Gasteiger partial charge >= 0.3 is 0 Å². The van der Waals surface area contributed by atoms with Gasteiger partial charge in [0.15, 0.2) is 0 Å². The molecule has 0 atom stereocenters. The van der Waals surface area contributed by atoms with Gasteiger partial charge in [-0.05, 0) is 33.6 Å². The van der Waals surface area contributed by atoms with Crippen LogP contribution in [0.15, 0.2) is 5.10 Å². The predicted octanol–water partition coefficient (Wildman–Crippen LogP) is 1.06.